The first-order valence-corrected chi connectivity index (χ1v) is 5.91. The Morgan fingerprint density at radius 2 is 1.75 bits per heavy atom. The summed E-state index contributed by atoms with van der Waals surface area (Å²) in [4.78, 5) is 0. The van der Waals surface area contributed by atoms with E-state index >= 15 is 0 Å². The van der Waals surface area contributed by atoms with Crippen molar-refractivity contribution >= 4 is 8.73 Å². The number of rotatable bonds is 5. The van der Waals surface area contributed by atoms with Crippen molar-refractivity contribution in [2.24, 2.45) is 5.41 Å². The van der Waals surface area contributed by atoms with Crippen LogP contribution in [0.15, 0.2) is 0 Å². The van der Waals surface area contributed by atoms with E-state index in [9.17, 15) is 0 Å². The van der Waals surface area contributed by atoms with Crippen molar-refractivity contribution in [1.29, 1.82) is 10.5 Å². The molecule has 0 bridgehead atoms. The predicted molar refractivity (Wildman–Crippen MR) is 62.2 cm³/mol. The lowest BCUT2D eigenvalue weighted by Crippen LogP contribution is -2.31. The molecule has 0 aliphatic carbocycles. The van der Waals surface area contributed by atoms with Gasteiger partial charge in [-0.05, 0) is 12.3 Å². The standard InChI is InChI=1S/C10H18N3O2P/c1-8(14-5)15-9(10(2,3)4)16-13(6-11)7-12/h8-9,16H,1-5H3. The fourth-order valence-corrected chi connectivity index (χ4v) is 1.86. The maximum Gasteiger partial charge on any atom is 0.197 e. The molecule has 6 heteroatoms. The third-order valence-corrected chi connectivity index (χ3v) is 3.59. The summed E-state index contributed by atoms with van der Waals surface area (Å²) in [6.07, 6.45) is 3.27. The van der Waals surface area contributed by atoms with Gasteiger partial charge in [0.15, 0.2) is 18.7 Å². The first-order chi connectivity index (χ1) is 7.35. The minimum absolute atomic E-state index is 0.0294. The van der Waals surface area contributed by atoms with Crippen LogP contribution in [0.5, 0.6) is 0 Å². The van der Waals surface area contributed by atoms with Gasteiger partial charge in [-0.2, -0.15) is 15.2 Å². The maximum absolute atomic E-state index is 8.71. The minimum atomic E-state index is -0.351. The molecule has 0 saturated carbocycles. The Kier molecular flexibility index (Phi) is 6.29. The molecule has 0 aliphatic rings. The summed E-state index contributed by atoms with van der Waals surface area (Å²) in [7, 11) is 1.53. The van der Waals surface area contributed by atoms with Crippen LogP contribution in [-0.4, -0.2) is 23.9 Å². The zero-order valence-electron chi connectivity index (χ0n) is 10.3. The smallest absolute Gasteiger partial charge is 0.197 e. The van der Waals surface area contributed by atoms with Gasteiger partial charge in [-0.1, -0.05) is 20.8 Å². The monoisotopic (exact) mass is 243 g/mol. The Labute approximate surface area is 98.8 Å². The van der Waals surface area contributed by atoms with Crippen LogP contribution in [0.25, 0.3) is 0 Å². The van der Waals surface area contributed by atoms with Crippen molar-refractivity contribution in [3.05, 3.63) is 0 Å². The molecule has 0 aromatic rings. The average Bonchev–Trinajstić information content (AvgIpc) is 2.22. The molecule has 90 valence electrons. The zero-order valence-corrected chi connectivity index (χ0v) is 11.3. The molecule has 0 radical (unpaired) electrons. The molecular weight excluding hydrogens is 225 g/mol. The van der Waals surface area contributed by atoms with Crippen molar-refractivity contribution in [2.45, 2.75) is 39.8 Å². The number of nitriles is 2. The van der Waals surface area contributed by atoms with Gasteiger partial charge in [-0.3, -0.25) is 0 Å². The SMILES string of the molecule is COC(C)OC(PN(C#N)C#N)C(C)(C)C. The number of hydrogen-bond acceptors (Lipinski definition) is 5. The number of methoxy groups -OCH3 is 1. The molecule has 0 aliphatic heterocycles. The van der Waals surface area contributed by atoms with E-state index in [0.29, 0.717) is 0 Å². The summed E-state index contributed by atoms with van der Waals surface area (Å²) in [6, 6.07) is 0. The molecule has 3 atom stereocenters. The highest BCUT2D eigenvalue weighted by Crippen LogP contribution is 2.38. The molecule has 0 spiro atoms. The van der Waals surface area contributed by atoms with Gasteiger partial charge in [0.2, 0.25) is 0 Å². The lowest BCUT2D eigenvalue weighted by atomic mass is 9.98. The maximum atomic E-state index is 8.71. The fourth-order valence-electron chi connectivity index (χ4n) is 0.873. The van der Waals surface area contributed by atoms with Gasteiger partial charge < -0.3 is 9.47 Å². The molecule has 5 nitrogen and oxygen atoms in total. The summed E-state index contributed by atoms with van der Waals surface area (Å²) < 4.78 is 11.7. The topological polar surface area (TPSA) is 69.3 Å². The molecule has 0 N–H and O–H groups in total. The van der Waals surface area contributed by atoms with E-state index in [1.54, 1.807) is 14.0 Å². The summed E-state index contributed by atoms with van der Waals surface area (Å²) in [5.74, 6) is -0.221. The first kappa shape index (κ1) is 15.1. The van der Waals surface area contributed by atoms with Crippen molar-refractivity contribution in [2.75, 3.05) is 7.11 Å². The van der Waals surface area contributed by atoms with Crippen LogP contribution in [-0.2, 0) is 9.47 Å². The lowest BCUT2D eigenvalue weighted by molar-refractivity contribution is -0.142. The van der Waals surface area contributed by atoms with Gasteiger partial charge in [-0.15, -0.1) is 0 Å². The molecule has 0 fully saturated rings. The first-order valence-electron chi connectivity index (χ1n) is 4.89. The number of ether oxygens (including phenoxy) is 2. The molecule has 0 rings (SSSR count). The van der Waals surface area contributed by atoms with Gasteiger partial charge in [0, 0.05) is 15.8 Å². The Morgan fingerprint density at radius 3 is 2.06 bits per heavy atom. The van der Waals surface area contributed by atoms with Crippen molar-refractivity contribution in [3.63, 3.8) is 0 Å². The van der Waals surface area contributed by atoms with Gasteiger partial charge in [0.25, 0.3) is 0 Å². The van der Waals surface area contributed by atoms with Gasteiger partial charge in [0.1, 0.15) is 5.85 Å². The van der Waals surface area contributed by atoms with Gasteiger partial charge in [-0.25, -0.2) is 0 Å². The summed E-state index contributed by atoms with van der Waals surface area (Å²) in [5, 5.41) is 17.4. The summed E-state index contributed by atoms with van der Waals surface area (Å²) >= 11 is 0. The second-order valence-corrected chi connectivity index (χ2v) is 5.58. The largest absolute Gasteiger partial charge is 0.356 e. The van der Waals surface area contributed by atoms with E-state index in [-0.39, 0.29) is 26.3 Å². The van der Waals surface area contributed by atoms with Crippen molar-refractivity contribution in [1.82, 2.24) is 4.67 Å². The molecular formula is C10H18N3O2P. The van der Waals surface area contributed by atoms with Crippen LogP contribution in [0.2, 0.25) is 0 Å². The van der Waals surface area contributed by atoms with Crippen molar-refractivity contribution in [3.8, 4) is 12.4 Å². The molecule has 0 saturated heterocycles. The predicted octanol–water partition coefficient (Wildman–Crippen LogP) is 2.23. The zero-order chi connectivity index (χ0) is 12.8. The Morgan fingerprint density at radius 1 is 1.25 bits per heavy atom. The Bertz CT molecular complexity index is 276. The molecule has 0 aromatic heterocycles. The third kappa shape index (κ3) is 5.28. The van der Waals surface area contributed by atoms with E-state index in [0.717, 1.165) is 4.67 Å². The molecule has 3 unspecified atom stereocenters. The van der Waals surface area contributed by atoms with Gasteiger partial charge in [0.05, 0.1) is 0 Å². The minimum Gasteiger partial charge on any atom is -0.356 e. The second-order valence-electron chi connectivity index (χ2n) is 4.35. The lowest BCUT2D eigenvalue weighted by Gasteiger charge is -2.32. The summed E-state index contributed by atoms with van der Waals surface area (Å²) in [5.41, 5.74) is -0.156. The Balaban J connectivity index is 4.59. The average molecular weight is 243 g/mol. The second kappa shape index (κ2) is 6.66. The van der Waals surface area contributed by atoms with Crippen LogP contribution >= 0.6 is 8.73 Å². The highest BCUT2D eigenvalue weighted by Gasteiger charge is 2.29. The normalized spacial score (nSPS) is 15.4. The van der Waals surface area contributed by atoms with Crippen LogP contribution < -0.4 is 0 Å². The van der Waals surface area contributed by atoms with Crippen LogP contribution in [0.3, 0.4) is 0 Å². The molecule has 16 heavy (non-hydrogen) atoms. The molecule has 0 aromatic carbocycles. The highest BCUT2D eigenvalue weighted by atomic mass is 31.1. The van der Waals surface area contributed by atoms with E-state index < -0.39 is 0 Å². The van der Waals surface area contributed by atoms with E-state index in [1.807, 2.05) is 33.2 Å². The van der Waals surface area contributed by atoms with Crippen LogP contribution in [0.1, 0.15) is 27.7 Å². The Hall–Kier alpha value is -0.870. The summed E-state index contributed by atoms with van der Waals surface area (Å²) in [6.45, 7) is 7.78. The molecule has 0 amide bonds. The van der Waals surface area contributed by atoms with E-state index in [2.05, 4.69) is 0 Å². The molecule has 0 heterocycles. The number of hydrogen-bond donors (Lipinski definition) is 0. The highest BCUT2D eigenvalue weighted by molar-refractivity contribution is 7.36. The van der Waals surface area contributed by atoms with E-state index in [4.69, 9.17) is 20.0 Å². The van der Waals surface area contributed by atoms with Crippen LogP contribution in [0, 0.1) is 28.3 Å². The quantitative estimate of drug-likeness (QED) is 0.320. The number of nitrogens with zero attached hydrogens (tertiary/aromatic N) is 3. The third-order valence-electron chi connectivity index (χ3n) is 1.89. The van der Waals surface area contributed by atoms with Crippen molar-refractivity contribution < 1.29 is 9.47 Å². The van der Waals surface area contributed by atoms with E-state index in [1.165, 1.54) is 0 Å². The van der Waals surface area contributed by atoms with Crippen LogP contribution in [0.4, 0.5) is 0 Å². The van der Waals surface area contributed by atoms with Gasteiger partial charge >= 0.3 is 0 Å². The fraction of sp³-hybridized carbons (Fsp3) is 0.800.